The number of hydrogen-bond donors (Lipinski definition) is 1. The minimum Gasteiger partial charge on any atom is -0.457 e. The smallest absolute Gasteiger partial charge is 0.244 e. The number of halogens is 2. The van der Waals surface area contributed by atoms with Crippen LogP contribution in [0.15, 0.2) is 108 Å². The number of aromatic nitrogens is 1. The molecule has 0 unspecified atom stereocenters. The van der Waals surface area contributed by atoms with Crippen LogP contribution in [0, 0.1) is 0 Å². The molecule has 5 rings (SSSR count). The topological polar surface area (TPSA) is 62.4 Å². The van der Waals surface area contributed by atoms with Crippen LogP contribution in [0.1, 0.15) is 11.1 Å². The number of benzene rings is 4. The highest BCUT2D eigenvalue weighted by atomic mass is 35.5. The SMILES string of the molecule is O=S(=O)(c1cc(Cl)ccc1Cl)N(CCc1c[nH]c2ccccc12)Cc1cccc(Oc2ccccc2)c1. The van der Waals surface area contributed by atoms with Crippen molar-refractivity contribution in [3.8, 4) is 11.5 Å². The first-order valence-corrected chi connectivity index (χ1v) is 13.9. The summed E-state index contributed by atoms with van der Waals surface area (Å²) >= 11 is 12.5. The minimum absolute atomic E-state index is 0.0164. The van der Waals surface area contributed by atoms with Crippen molar-refractivity contribution < 1.29 is 13.2 Å². The van der Waals surface area contributed by atoms with Crippen molar-refractivity contribution in [2.24, 2.45) is 0 Å². The van der Waals surface area contributed by atoms with Crippen LogP contribution in [-0.4, -0.2) is 24.3 Å². The second kappa shape index (κ2) is 11.0. The van der Waals surface area contributed by atoms with Gasteiger partial charge in [-0.25, -0.2) is 8.42 Å². The molecule has 5 nitrogen and oxygen atoms in total. The van der Waals surface area contributed by atoms with Crippen LogP contribution >= 0.6 is 23.2 Å². The van der Waals surface area contributed by atoms with E-state index in [0.717, 1.165) is 22.0 Å². The molecule has 5 aromatic rings. The van der Waals surface area contributed by atoms with Gasteiger partial charge in [-0.1, -0.05) is 71.7 Å². The van der Waals surface area contributed by atoms with Crippen molar-refractivity contribution in [3.05, 3.63) is 124 Å². The Morgan fingerprint density at radius 3 is 2.41 bits per heavy atom. The standard InChI is InChI=1S/C29H24Cl2N2O3S/c30-23-13-14-27(31)29(18-23)37(34,35)33(16-15-22-19-32-28-12-5-4-11-26(22)28)20-21-7-6-10-25(17-21)36-24-8-2-1-3-9-24/h1-14,17-19,32H,15-16,20H2. The van der Waals surface area contributed by atoms with Gasteiger partial charge in [0.1, 0.15) is 16.4 Å². The monoisotopic (exact) mass is 550 g/mol. The van der Waals surface area contributed by atoms with E-state index >= 15 is 0 Å². The van der Waals surface area contributed by atoms with Crippen molar-refractivity contribution in [2.75, 3.05) is 6.54 Å². The maximum absolute atomic E-state index is 13.9. The van der Waals surface area contributed by atoms with Crippen LogP contribution < -0.4 is 4.74 Å². The number of fused-ring (bicyclic) bond motifs is 1. The van der Waals surface area contributed by atoms with E-state index in [1.807, 2.05) is 85.1 Å². The normalized spacial score (nSPS) is 11.8. The van der Waals surface area contributed by atoms with Crippen molar-refractivity contribution in [2.45, 2.75) is 17.9 Å². The van der Waals surface area contributed by atoms with Crippen molar-refractivity contribution in [3.63, 3.8) is 0 Å². The molecule has 0 aliphatic rings. The fourth-order valence-corrected chi connectivity index (χ4v) is 6.38. The number of aromatic amines is 1. The van der Waals surface area contributed by atoms with Gasteiger partial charge < -0.3 is 9.72 Å². The average Bonchev–Trinajstić information content (AvgIpc) is 3.32. The fraction of sp³-hybridized carbons (Fsp3) is 0.103. The third-order valence-electron chi connectivity index (χ3n) is 6.05. The van der Waals surface area contributed by atoms with Gasteiger partial charge in [0.15, 0.2) is 0 Å². The van der Waals surface area contributed by atoms with Gasteiger partial charge in [-0.3, -0.25) is 0 Å². The molecule has 0 spiro atoms. The van der Waals surface area contributed by atoms with E-state index in [1.165, 1.54) is 16.4 Å². The second-order valence-electron chi connectivity index (χ2n) is 8.59. The number of para-hydroxylation sites is 2. The minimum atomic E-state index is -3.96. The van der Waals surface area contributed by atoms with Crippen LogP contribution in [0.3, 0.4) is 0 Å². The Labute approximate surface area is 226 Å². The lowest BCUT2D eigenvalue weighted by atomic mass is 10.1. The molecule has 0 fully saturated rings. The molecule has 0 aliphatic heterocycles. The van der Waals surface area contributed by atoms with Gasteiger partial charge in [0.2, 0.25) is 10.0 Å². The van der Waals surface area contributed by atoms with E-state index < -0.39 is 10.0 Å². The predicted octanol–water partition coefficient (Wildman–Crippen LogP) is 7.70. The lowest BCUT2D eigenvalue weighted by Crippen LogP contribution is -2.32. The molecule has 1 aromatic heterocycles. The Morgan fingerprint density at radius 1 is 0.811 bits per heavy atom. The summed E-state index contributed by atoms with van der Waals surface area (Å²) in [7, 11) is -3.96. The first-order valence-electron chi connectivity index (χ1n) is 11.7. The second-order valence-corrected chi connectivity index (χ2v) is 11.3. The summed E-state index contributed by atoms with van der Waals surface area (Å²) < 4.78 is 35.1. The summed E-state index contributed by atoms with van der Waals surface area (Å²) in [5, 5.41) is 1.50. The number of hydrogen-bond acceptors (Lipinski definition) is 3. The summed E-state index contributed by atoms with van der Waals surface area (Å²) in [6, 6.07) is 29.3. The molecule has 0 atom stereocenters. The van der Waals surface area contributed by atoms with E-state index in [2.05, 4.69) is 4.98 Å². The highest BCUT2D eigenvalue weighted by Gasteiger charge is 2.27. The van der Waals surface area contributed by atoms with E-state index in [0.29, 0.717) is 22.9 Å². The van der Waals surface area contributed by atoms with Crippen molar-refractivity contribution in [1.82, 2.24) is 9.29 Å². The highest BCUT2D eigenvalue weighted by molar-refractivity contribution is 7.89. The maximum Gasteiger partial charge on any atom is 0.244 e. The Bertz CT molecular complexity index is 1640. The average molecular weight is 551 g/mol. The zero-order valence-electron chi connectivity index (χ0n) is 19.8. The van der Waals surface area contributed by atoms with Gasteiger partial charge in [0.05, 0.1) is 5.02 Å². The highest BCUT2D eigenvalue weighted by Crippen LogP contribution is 2.30. The van der Waals surface area contributed by atoms with Crippen LogP contribution in [0.25, 0.3) is 10.9 Å². The van der Waals surface area contributed by atoms with E-state index in [9.17, 15) is 8.42 Å². The zero-order valence-corrected chi connectivity index (χ0v) is 22.1. The molecule has 37 heavy (non-hydrogen) atoms. The molecule has 4 aromatic carbocycles. The number of nitrogens with zero attached hydrogens (tertiary/aromatic N) is 1. The van der Waals surface area contributed by atoms with Gasteiger partial charge in [-0.2, -0.15) is 4.31 Å². The van der Waals surface area contributed by atoms with Crippen LogP contribution in [0.5, 0.6) is 11.5 Å². The number of nitrogens with one attached hydrogen (secondary N) is 1. The molecular weight excluding hydrogens is 527 g/mol. The summed E-state index contributed by atoms with van der Waals surface area (Å²) in [5.41, 5.74) is 2.83. The lowest BCUT2D eigenvalue weighted by molar-refractivity contribution is 0.408. The van der Waals surface area contributed by atoms with E-state index in [1.54, 1.807) is 6.07 Å². The third kappa shape index (κ3) is 5.84. The number of sulfonamides is 1. The van der Waals surface area contributed by atoms with Crippen molar-refractivity contribution in [1.29, 1.82) is 0 Å². The molecule has 1 heterocycles. The maximum atomic E-state index is 13.9. The van der Waals surface area contributed by atoms with Crippen LogP contribution in [0.2, 0.25) is 10.0 Å². The first kappa shape index (κ1) is 25.4. The fourth-order valence-electron chi connectivity index (χ4n) is 4.22. The molecule has 0 saturated carbocycles. The van der Waals surface area contributed by atoms with Gasteiger partial charge in [-0.15, -0.1) is 0 Å². The number of H-pyrrole nitrogens is 1. The summed E-state index contributed by atoms with van der Waals surface area (Å²) in [4.78, 5) is 3.24. The largest absolute Gasteiger partial charge is 0.457 e. The number of ether oxygens (including phenoxy) is 1. The summed E-state index contributed by atoms with van der Waals surface area (Å²) in [6.07, 6.45) is 2.44. The molecule has 0 amide bonds. The predicted molar refractivity (Wildman–Crippen MR) is 149 cm³/mol. The molecule has 0 aliphatic carbocycles. The van der Waals surface area contributed by atoms with Crippen molar-refractivity contribution >= 4 is 44.1 Å². The summed E-state index contributed by atoms with van der Waals surface area (Å²) in [6.45, 7) is 0.385. The number of rotatable bonds is 9. The Balaban J connectivity index is 1.46. The van der Waals surface area contributed by atoms with Gasteiger partial charge in [0.25, 0.3) is 0 Å². The third-order valence-corrected chi connectivity index (χ3v) is 8.61. The molecular formula is C29H24Cl2N2O3S. The zero-order chi connectivity index (χ0) is 25.8. The van der Waals surface area contributed by atoms with Gasteiger partial charge in [0, 0.05) is 35.2 Å². The Morgan fingerprint density at radius 2 is 1.57 bits per heavy atom. The molecule has 0 bridgehead atoms. The lowest BCUT2D eigenvalue weighted by Gasteiger charge is -2.23. The van der Waals surface area contributed by atoms with E-state index in [-0.39, 0.29) is 23.0 Å². The molecule has 1 N–H and O–H groups in total. The molecule has 0 saturated heterocycles. The van der Waals surface area contributed by atoms with E-state index in [4.69, 9.17) is 27.9 Å². The van der Waals surface area contributed by atoms with Gasteiger partial charge in [-0.05, 0) is 66.1 Å². The molecule has 188 valence electrons. The Kier molecular flexibility index (Phi) is 7.53. The van der Waals surface area contributed by atoms with Crippen LogP contribution in [-0.2, 0) is 23.0 Å². The van der Waals surface area contributed by atoms with Gasteiger partial charge >= 0.3 is 0 Å². The molecule has 8 heteroatoms. The molecule has 0 radical (unpaired) electrons. The quantitative estimate of drug-likeness (QED) is 0.204. The van der Waals surface area contributed by atoms with Crippen LogP contribution in [0.4, 0.5) is 0 Å². The first-order chi connectivity index (χ1) is 17.9. The Hall–Kier alpha value is -3.29. The summed E-state index contributed by atoms with van der Waals surface area (Å²) in [5.74, 6) is 1.33.